The van der Waals surface area contributed by atoms with E-state index in [0.717, 1.165) is 58.4 Å². The normalized spacial score (nSPS) is 20.1. The van der Waals surface area contributed by atoms with Crippen molar-refractivity contribution in [1.82, 2.24) is 9.80 Å². The van der Waals surface area contributed by atoms with Crippen molar-refractivity contribution in [3.05, 3.63) is 35.4 Å². The maximum Gasteiger partial charge on any atom is 0.248 e. The molecule has 2 aliphatic rings. The molecule has 2 fully saturated rings. The molecule has 3 rings (SSSR count). The molecule has 2 N–H and O–H groups in total. The SMILES string of the molecule is NC(=O)c1ccc(CN2CCC(C(=O)N3CCCCC3)CC2)cc1. The lowest BCUT2D eigenvalue weighted by atomic mass is 9.94. The van der Waals surface area contributed by atoms with E-state index in [2.05, 4.69) is 9.80 Å². The molecular formula is C19H27N3O2. The van der Waals surface area contributed by atoms with Gasteiger partial charge in [0.15, 0.2) is 0 Å². The van der Waals surface area contributed by atoms with Gasteiger partial charge < -0.3 is 10.6 Å². The van der Waals surface area contributed by atoms with Crippen molar-refractivity contribution in [3.63, 3.8) is 0 Å². The number of rotatable bonds is 4. The number of carbonyl (C=O) groups excluding carboxylic acids is 2. The number of piperidine rings is 2. The van der Waals surface area contributed by atoms with Crippen LogP contribution >= 0.6 is 0 Å². The van der Waals surface area contributed by atoms with Crippen LogP contribution in [0.5, 0.6) is 0 Å². The highest BCUT2D eigenvalue weighted by molar-refractivity contribution is 5.92. The molecule has 2 amide bonds. The maximum atomic E-state index is 12.6. The number of carbonyl (C=O) groups is 2. The minimum atomic E-state index is -0.390. The molecule has 5 nitrogen and oxygen atoms in total. The molecule has 1 aromatic rings. The highest BCUT2D eigenvalue weighted by atomic mass is 16.2. The highest BCUT2D eigenvalue weighted by Gasteiger charge is 2.29. The van der Waals surface area contributed by atoms with Gasteiger partial charge in [-0.2, -0.15) is 0 Å². The Balaban J connectivity index is 1.48. The summed E-state index contributed by atoms with van der Waals surface area (Å²) < 4.78 is 0. The van der Waals surface area contributed by atoms with Crippen LogP contribution < -0.4 is 5.73 Å². The van der Waals surface area contributed by atoms with Crippen LogP contribution in [0.15, 0.2) is 24.3 Å². The van der Waals surface area contributed by atoms with Crippen molar-refractivity contribution in [2.75, 3.05) is 26.2 Å². The monoisotopic (exact) mass is 329 g/mol. The van der Waals surface area contributed by atoms with Crippen LogP contribution in [0.2, 0.25) is 0 Å². The lowest BCUT2D eigenvalue weighted by Gasteiger charge is -2.35. The van der Waals surface area contributed by atoms with Crippen molar-refractivity contribution in [1.29, 1.82) is 0 Å². The summed E-state index contributed by atoms with van der Waals surface area (Å²) in [4.78, 5) is 28.2. The first-order valence-corrected chi connectivity index (χ1v) is 9.03. The summed E-state index contributed by atoms with van der Waals surface area (Å²) in [7, 11) is 0. The summed E-state index contributed by atoms with van der Waals surface area (Å²) in [6.07, 6.45) is 5.48. The fourth-order valence-corrected chi connectivity index (χ4v) is 3.74. The van der Waals surface area contributed by atoms with Gasteiger partial charge in [0, 0.05) is 31.1 Å². The number of nitrogens with zero attached hydrogens (tertiary/aromatic N) is 2. The van der Waals surface area contributed by atoms with Gasteiger partial charge in [0.25, 0.3) is 0 Å². The van der Waals surface area contributed by atoms with E-state index in [4.69, 9.17) is 5.73 Å². The van der Waals surface area contributed by atoms with E-state index >= 15 is 0 Å². The number of benzene rings is 1. The molecule has 0 spiro atoms. The van der Waals surface area contributed by atoms with E-state index in [1.54, 1.807) is 12.1 Å². The fourth-order valence-electron chi connectivity index (χ4n) is 3.74. The number of nitrogens with two attached hydrogens (primary N) is 1. The quantitative estimate of drug-likeness (QED) is 0.919. The summed E-state index contributed by atoms with van der Waals surface area (Å²) >= 11 is 0. The van der Waals surface area contributed by atoms with Crippen molar-refractivity contribution >= 4 is 11.8 Å². The standard InChI is InChI=1S/C19H27N3O2/c20-18(23)16-6-4-15(5-7-16)14-21-12-8-17(9-13-21)19(24)22-10-2-1-3-11-22/h4-7,17H,1-3,8-14H2,(H2,20,23). The Morgan fingerprint density at radius 1 is 0.958 bits per heavy atom. The first-order valence-electron chi connectivity index (χ1n) is 9.03. The molecular weight excluding hydrogens is 302 g/mol. The van der Waals surface area contributed by atoms with Crippen molar-refractivity contribution in [2.45, 2.75) is 38.6 Å². The summed E-state index contributed by atoms with van der Waals surface area (Å²) in [5, 5.41) is 0. The predicted octanol–water partition coefficient (Wildman–Crippen LogP) is 2.01. The van der Waals surface area contributed by atoms with E-state index in [-0.39, 0.29) is 5.92 Å². The lowest BCUT2D eigenvalue weighted by molar-refractivity contribution is -0.138. The molecule has 0 aliphatic carbocycles. The van der Waals surface area contributed by atoms with Gasteiger partial charge in [0.1, 0.15) is 0 Å². The Morgan fingerprint density at radius 2 is 1.58 bits per heavy atom. The average Bonchev–Trinajstić information content (AvgIpc) is 2.63. The zero-order valence-corrected chi connectivity index (χ0v) is 14.2. The Labute approximate surface area is 143 Å². The van der Waals surface area contributed by atoms with E-state index in [1.165, 1.54) is 12.0 Å². The van der Waals surface area contributed by atoms with Crippen LogP contribution in [0.1, 0.15) is 48.0 Å². The second kappa shape index (κ2) is 7.79. The van der Waals surface area contributed by atoms with Crippen LogP contribution in [0.25, 0.3) is 0 Å². The van der Waals surface area contributed by atoms with Crippen LogP contribution in [0.3, 0.4) is 0 Å². The second-order valence-electron chi connectivity index (χ2n) is 7.00. The number of primary amides is 1. The Kier molecular flexibility index (Phi) is 5.51. The van der Waals surface area contributed by atoms with E-state index in [0.29, 0.717) is 11.5 Å². The minimum absolute atomic E-state index is 0.205. The van der Waals surface area contributed by atoms with Crippen LogP contribution in [-0.2, 0) is 11.3 Å². The zero-order valence-electron chi connectivity index (χ0n) is 14.2. The van der Waals surface area contributed by atoms with Gasteiger partial charge in [-0.25, -0.2) is 0 Å². The topological polar surface area (TPSA) is 66.6 Å². The van der Waals surface area contributed by atoms with Gasteiger partial charge in [-0.05, 0) is 62.9 Å². The fraction of sp³-hybridized carbons (Fsp3) is 0.579. The zero-order chi connectivity index (χ0) is 16.9. The summed E-state index contributed by atoms with van der Waals surface area (Å²) in [5.74, 6) is 0.190. The van der Waals surface area contributed by atoms with Gasteiger partial charge in [0.05, 0.1) is 0 Å². The molecule has 0 bridgehead atoms. The minimum Gasteiger partial charge on any atom is -0.366 e. The maximum absolute atomic E-state index is 12.6. The first kappa shape index (κ1) is 17.0. The lowest BCUT2D eigenvalue weighted by Crippen LogP contribution is -2.44. The van der Waals surface area contributed by atoms with E-state index in [9.17, 15) is 9.59 Å². The number of likely N-dealkylation sites (tertiary alicyclic amines) is 2. The van der Waals surface area contributed by atoms with Gasteiger partial charge >= 0.3 is 0 Å². The van der Waals surface area contributed by atoms with E-state index < -0.39 is 5.91 Å². The molecule has 5 heteroatoms. The van der Waals surface area contributed by atoms with Gasteiger partial charge in [-0.3, -0.25) is 14.5 Å². The molecule has 0 unspecified atom stereocenters. The van der Waals surface area contributed by atoms with Crippen molar-refractivity contribution in [2.24, 2.45) is 11.7 Å². The van der Waals surface area contributed by atoms with Crippen molar-refractivity contribution in [3.8, 4) is 0 Å². The van der Waals surface area contributed by atoms with Crippen LogP contribution in [0, 0.1) is 5.92 Å². The third kappa shape index (κ3) is 4.15. The molecule has 0 aromatic heterocycles. The van der Waals surface area contributed by atoms with Crippen LogP contribution in [0.4, 0.5) is 0 Å². The Bertz CT molecular complexity index is 571. The van der Waals surface area contributed by atoms with E-state index in [1.807, 2.05) is 12.1 Å². The summed E-state index contributed by atoms with van der Waals surface area (Å²) in [6, 6.07) is 7.49. The number of amides is 2. The number of hydrogen-bond acceptors (Lipinski definition) is 3. The molecule has 130 valence electrons. The summed E-state index contributed by atoms with van der Waals surface area (Å²) in [6.45, 7) is 4.68. The third-order valence-corrected chi connectivity index (χ3v) is 5.25. The molecule has 2 heterocycles. The molecule has 2 saturated heterocycles. The highest BCUT2D eigenvalue weighted by Crippen LogP contribution is 2.23. The van der Waals surface area contributed by atoms with Crippen molar-refractivity contribution < 1.29 is 9.59 Å². The van der Waals surface area contributed by atoms with Gasteiger partial charge in [-0.1, -0.05) is 12.1 Å². The third-order valence-electron chi connectivity index (χ3n) is 5.25. The molecule has 1 aromatic carbocycles. The van der Waals surface area contributed by atoms with Gasteiger partial charge in [-0.15, -0.1) is 0 Å². The Morgan fingerprint density at radius 3 is 2.17 bits per heavy atom. The molecule has 0 saturated carbocycles. The predicted molar refractivity (Wildman–Crippen MR) is 93.4 cm³/mol. The molecule has 2 aliphatic heterocycles. The molecule has 0 radical (unpaired) electrons. The van der Waals surface area contributed by atoms with Gasteiger partial charge in [0.2, 0.25) is 11.8 Å². The number of hydrogen-bond donors (Lipinski definition) is 1. The largest absolute Gasteiger partial charge is 0.366 e. The molecule has 0 atom stereocenters. The molecule has 24 heavy (non-hydrogen) atoms. The first-order chi connectivity index (χ1) is 11.6. The smallest absolute Gasteiger partial charge is 0.248 e. The summed E-state index contributed by atoms with van der Waals surface area (Å²) in [5.41, 5.74) is 7.00. The van der Waals surface area contributed by atoms with Crippen LogP contribution in [-0.4, -0.2) is 47.8 Å². The average molecular weight is 329 g/mol. The second-order valence-corrected chi connectivity index (χ2v) is 7.00. The Hall–Kier alpha value is -1.88.